The van der Waals surface area contributed by atoms with Gasteiger partial charge in [-0.1, -0.05) is 53.5 Å². The van der Waals surface area contributed by atoms with E-state index in [9.17, 15) is 14.9 Å². The third-order valence-electron chi connectivity index (χ3n) is 5.32. The van der Waals surface area contributed by atoms with Crippen LogP contribution in [-0.2, 0) is 13.2 Å². The molecule has 0 saturated carbocycles. The number of benzene rings is 4. The molecule has 4 aromatic rings. The average molecular weight is 550 g/mol. The Labute approximate surface area is 228 Å². The first-order chi connectivity index (χ1) is 18.4. The van der Waals surface area contributed by atoms with Gasteiger partial charge in [-0.15, -0.1) is 0 Å². The van der Waals surface area contributed by atoms with E-state index < -0.39 is 10.8 Å². The number of nitro groups is 1. The lowest BCUT2D eigenvalue weighted by Crippen LogP contribution is -2.18. The Morgan fingerprint density at radius 2 is 1.71 bits per heavy atom. The zero-order valence-electron chi connectivity index (χ0n) is 19.8. The van der Waals surface area contributed by atoms with Crippen molar-refractivity contribution >= 4 is 41.0 Å². The van der Waals surface area contributed by atoms with Crippen molar-refractivity contribution in [1.82, 2.24) is 5.43 Å². The fourth-order valence-corrected chi connectivity index (χ4v) is 3.83. The highest BCUT2D eigenvalue weighted by atomic mass is 35.5. The molecule has 0 aliphatic heterocycles. The minimum atomic E-state index is -0.449. The van der Waals surface area contributed by atoms with Gasteiger partial charge in [0.2, 0.25) is 0 Å². The number of non-ortho nitro benzene ring substituents is 1. The van der Waals surface area contributed by atoms with E-state index in [0.717, 1.165) is 11.1 Å². The third kappa shape index (κ3) is 7.32. The standard InChI is InChI=1S/C28H21Cl2N3O5/c29-22-11-10-21(26(30)15-22)18-38-27-7-2-1-6-25(27)28(34)32-31-16-20-4-3-5-24(14-20)37-17-19-8-12-23(13-9-19)33(35)36/h1-16H,17-18H2,(H,32,34)/b31-16+. The summed E-state index contributed by atoms with van der Waals surface area (Å²) in [4.78, 5) is 23.1. The van der Waals surface area contributed by atoms with Crippen LogP contribution in [0.2, 0.25) is 10.0 Å². The molecule has 0 saturated heterocycles. The summed E-state index contributed by atoms with van der Waals surface area (Å²) in [6, 6.07) is 25.2. The molecule has 8 nitrogen and oxygen atoms in total. The first-order valence-electron chi connectivity index (χ1n) is 11.3. The van der Waals surface area contributed by atoms with Gasteiger partial charge in [0, 0.05) is 27.7 Å². The smallest absolute Gasteiger partial charge is 0.275 e. The Morgan fingerprint density at radius 3 is 2.47 bits per heavy atom. The van der Waals surface area contributed by atoms with Gasteiger partial charge in [-0.25, -0.2) is 5.43 Å². The van der Waals surface area contributed by atoms with Crippen LogP contribution in [0, 0.1) is 10.1 Å². The predicted octanol–water partition coefficient (Wildman–Crippen LogP) is 6.82. The number of hydrazone groups is 1. The summed E-state index contributed by atoms with van der Waals surface area (Å²) in [7, 11) is 0. The van der Waals surface area contributed by atoms with Crippen LogP contribution in [0.3, 0.4) is 0 Å². The van der Waals surface area contributed by atoms with E-state index in [0.29, 0.717) is 32.7 Å². The van der Waals surface area contributed by atoms with Crippen molar-refractivity contribution < 1.29 is 19.2 Å². The second-order valence-corrected chi connectivity index (χ2v) is 8.85. The molecule has 0 spiro atoms. The number of hydrogen-bond acceptors (Lipinski definition) is 6. The Balaban J connectivity index is 1.34. The summed E-state index contributed by atoms with van der Waals surface area (Å²) in [6.07, 6.45) is 1.49. The maximum absolute atomic E-state index is 12.8. The number of hydrogen-bond donors (Lipinski definition) is 1. The van der Waals surface area contributed by atoms with Crippen LogP contribution in [0.4, 0.5) is 5.69 Å². The van der Waals surface area contributed by atoms with Crippen LogP contribution < -0.4 is 14.9 Å². The van der Waals surface area contributed by atoms with Crippen molar-refractivity contribution in [2.24, 2.45) is 5.10 Å². The highest BCUT2D eigenvalue weighted by Crippen LogP contribution is 2.24. The maximum atomic E-state index is 12.8. The summed E-state index contributed by atoms with van der Waals surface area (Å²) in [5.41, 5.74) is 5.08. The van der Waals surface area contributed by atoms with E-state index in [2.05, 4.69) is 10.5 Å². The molecular weight excluding hydrogens is 529 g/mol. The Kier molecular flexibility index (Phi) is 8.92. The Morgan fingerprint density at radius 1 is 0.921 bits per heavy atom. The molecule has 10 heteroatoms. The molecule has 0 unspecified atom stereocenters. The largest absolute Gasteiger partial charge is 0.489 e. The first kappa shape index (κ1) is 26.7. The van der Waals surface area contributed by atoms with Crippen LogP contribution in [-0.4, -0.2) is 17.0 Å². The van der Waals surface area contributed by atoms with Gasteiger partial charge in [0.25, 0.3) is 11.6 Å². The molecule has 0 heterocycles. The minimum absolute atomic E-state index is 0.0224. The predicted molar refractivity (Wildman–Crippen MR) is 146 cm³/mol. The number of carbonyl (C=O) groups is 1. The summed E-state index contributed by atoms with van der Waals surface area (Å²) < 4.78 is 11.6. The van der Waals surface area contributed by atoms with E-state index >= 15 is 0 Å². The molecule has 0 fully saturated rings. The fourth-order valence-electron chi connectivity index (χ4n) is 3.37. The molecule has 0 aromatic heterocycles. The molecule has 0 bridgehead atoms. The number of nitrogens with zero attached hydrogens (tertiary/aromatic N) is 2. The van der Waals surface area contributed by atoms with Crippen molar-refractivity contribution in [2.75, 3.05) is 0 Å². The van der Waals surface area contributed by atoms with Gasteiger partial charge in [0.1, 0.15) is 24.7 Å². The number of nitrogens with one attached hydrogen (secondary N) is 1. The van der Waals surface area contributed by atoms with E-state index in [-0.39, 0.29) is 18.9 Å². The zero-order valence-corrected chi connectivity index (χ0v) is 21.4. The van der Waals surface area contributed by atoms with Gasteiger partial charge in [0.15, 0.2) is 0 Å². The average Bonchev–Trinajstić information content (AvgIpc) is 2.92. The van der Waals surface area contributed by atoms with Gasteiger partial charge in [0.05, 0.1) is 16.7 Å². The SMILES string of the molecule is O=C(N/N=C/c1cccc(OCc2ccc([N+](=O)[O-])cc2)c1)c1ccccc1OCc1ccc(Cl)cc1Cl. The van der Waals surface area contributed by atoms with Crippen LogP contribution >= 0.6 is 23.2 Å². The molecule has 0 atom stereocenters. The molecule has 1 amide bonds. The number of halogens is 2. The highest BCUT2D eigenvalue weighted by Gasteiger charge is 2.12. The normalized spacial score (nSPS) is 10.8. The number of nitro benzene ring substituents is 1. The number of amides is 1. The van der Waals surface area contributed by atoms with Crippen molar-refractivity contribution in [3.63, 3.8) is 0 Å². The minimum Gasteiger partial charge on any atom is -0.489 e. The topological polar surface area (TPSA) is 103 Å². The van der Waals surface area contributed by atoms with Crippen molar-refractivity contribution in [2.45, 2.75) is 13.2 Å². The quantitative estimate of drug-likeness (QED) is 0.133. The Hall–Kier alpha value is -4.40. The van der Waals surface area contributed by atoms with Gasteiger partial charge in [-0.2, -0.15) is 5.10 Å². The number of para-hydroxylation sites is 1. The van der Waals surface area contributed by atoms with E-state index in [4.69, 9.17) is 32.7 Å². The van der Waals surface area contributed by atoms with E-state index in [1.54, 1.807) is 78.9 Å². The molecule has 4 aromatic carbocycles. The molecule has 0 aliphatic rings. The summed E-state index contributed by atoms with van der Waals surface area (Å²) in [6.45, 7) is 0.406. The number of ether oxygens (including phenoxy) is 2. The molecule has 38 heavy (non-hydrogen) atoms. The second-order valence-electron chi connectivity index (χ2n) is 8.00. The molecule has 4 rings (SSSR count). The number of carbonyl (C=O) groups excluding carboxylic acids is 1. The summed E-state index contributed by atoms with van der Waals surface area (Å²) in [5.74, 6) is 0.524. The van der Waals surface area contributed by atoms with Crippen LogP contribution in [0.5, 0.6) is 11.5 Å². The van der Waals surface area contributed by atoms with Gasteiger partial charge < -0.3 is 9.47 Å². The first-order valence-corrected chi connectivity index (χ1v) is 12.1. The highest BCUT2D eigenvalue weighted by molar-refractivity contribution is 6.35. The van der Waals surface area contributed by atoms with E-state index in [1.807, 2.05) is 0 Å². The van der Waals surface area contributed by atoms with Crippen LogP contribution in [0.15, 0.2) is 96.1 Å². The molecular formula is C28H21Cl2N3O5. The molecule has 0 aliphatic carbocycles. The van der Waals surface area contributed by atoms with Crippen LogP contribution in [0.25, 0.3) is 0 Å². The van der Waals surface area contributed by atoms with E-state index in [1.165, 1.54) is 18.3 Å². The monoisotopic (exact) mass is 549 g/mol. The fraction of sp³-hybridized carbons (Fsp3) is 0.0714. The van der Waals surface area contributed by atoms with Gasteiger partial charge in [-0.05, 0) is 59.7 Å². The lowest BCUT2D eigenvalue weighted by molar-refractivity contribution is -0.384. The lowest BCUT2D eigenvalue weighted by Gasteiger charge is -2.11. The maximum Gasteiger partial charge on any atom is 0.275 e. The summed E-state index contributed by atoms with van der Waals surface area (Å²) >= 11 is 12.1. The van der Waals surface area contributed by atoms with Crippen molar-refractivity contribution in [3.8, 4) is 11.5 Å². The molecule has 0 radical (unpaired) electrons. The van der Waals surface area contributed by atoms with Gasteiger partial charge >= 0.3 is 0 Å². The third-order valence-corrected chi connectivity index (χ3v) is 5.91. The lowest BCUT2D eigenvalue weighted by atomic mass is 10.2. The second kappa shape index (κ2) is 12.7. The zero-order chi connectivity index (χ0) is 26.9. The summed E-state index contributed by atoms with van der Waals surface area (Å²) in [5, 5.41) is 15.8. The van der Waals surface area contributed by atoms with Crippen molar-refractivity contribution in [1.29, 1.82) is 0 Å². The van der Waals surface area contributed by atoms with Crippen LogP contribution in [0.1, 0.15) is 27.0 Å². The molecule has 1 N–H and O–H groups in total. The number of rotatable bonds is 10. The Bertz CT molecular complexity index is 1480. The van der Waals surface area contributed by atoms with Gasteiger partial charge in [-0.3, -0.25) is 14.9 Å². The molecule has 192 valence electrons. The van der Waals surface area contributed by atoms with Crippen molar-refractivity contribution in [3.05, 3.63) is 133 Å².